The highest BCUT2D eigenvalue weighted by Crippen LogP contribution is 2.39. The Kier molecular flexibility index (Phi) is 9.12. The number of benzene rings is 5. The molecule has 280 valence electrons. The van der Waals surface area contributed by atoms with Gasteiger partial charge in [-0.25, -0.2) is 0 Å². The van der Waals surface area contributed by atoms with E-state index in [4.69, 9.17) is 9.97 Å². The third kappa shape index (κ3) is 6.24. The van der Waals surface area contributed by atoms with E-state index in [2.05, 4.69) is 159 Å². The molecule has 6 heteroatoms. The molecule has 5 aromatic carbocycles. The molecule has 0 aliphatic carbocycles. The lowest BCUT2D eigenvalue weighted by Gasteiger charge is -2.13. The van der Waals surface area contributed by atoms with Gasteiger partial charge in [0.1, 0.15) is 0 Å². The van der Waals surface area contributed by atoms with Gasteiger partial charge in [-0.15, -0.1) is 6.58 Å². The summed E-state index contributed by atoms with van der Waals surface area (Å²) in [7, 11) is 0. The predicted octanol–water partition coefficient (Wildman–Crippen LogP) is 13.3. The zero-order valence-electron chi connectivity index (χ0n) is 32.4. The molecule has 0 aliphatic rings. The van der Waals surface area contributed by atoms with Gasteiger partial charge in [-0.05, 0) is 120 Å². The fourth-order valence-corrected chi connectivity index (χ4v) is 8.29. The molecule has 6 heterocycles. The topological polar surface area (TPSA) is 61.4 Å². The van der Waals surface area contributed by atoms with Gasteiger partial charge in [-0.2, -0.15) is 0 Å². The van der Waals surface area contributed by atoms with E-state index in [1.54, 1.807) is 6.08 Å². The van der Waals surface area contributed by atoms with Crippen molar-refractivity contribution >= 4 is 43.9 Å². The van der Waals surface area contributed by atoms with Crippen molar-refractivity contribution in [2.24, 2.45) is 0 Å². The molecule has 0 bridgehead atoms. The zero-order chi connectivity index (χ0) is 39.7. The maximum atomic E-state index is 4.93. The first kappa shape index (κ1) is 35.5. The number of hydrogen-bond acceptors (Lipinski definition) is 4. The van der Waals surface area contributed by atoms with Crippen LogP contribution in [-0.2, 0) is 0 Å². The van der Waals surface area contributed by atoms with E-state index in [-0.39, 0.29) is 0 Å². The second kappa shape index (κ2) is 15.2. The minimum absolute atomic E-state index is 0.950. The summed E-state index contributed by atoms with van der Waals surface area (Å²) in [5, 5.41) is 2.19. The standard InChI is InChI=1S/C50H32N6.C3H6/c1-3-16-39(43-18-5-7-26-51-43)37(14-1)33-22-24-45-41(30-33)49-47(20-10-28-53-49)55(45)35-12-9-13-36(32-35)56-46-25-23-34(31-42(46)50-48(56)21-11-29-54-50)38-15-2-4-17-40(38)44-19-6-8-27-52-44;1-3-2/h1-32H;3H,1H2,2H3. The number of fused-ring (bicyclic) bond motifs is 6. The summed E-state index contributed by atoms with van der Waals surface area (Å²) < 4.78 is 4.66. The minimum atomic E-state index is 0.950. The average Bonchev–Trinajstić information content (AvgIpc) is 3.82. The lowest BCUT2D eigenvalue weighted by Crippen LogP contribution is -1.98. The fraction of sp³-hybridized carbons (Fsp3) is 0.0189. The van der Waals surface area contributed by atoms with Crippen molar-refractivity contribution in [2.45, 2.75) is 6.92 Å². The van der Waals surface area contributed by atoms with Gasteiger partial charge in [-0.3, -0.25) is 19.9 Å². The van der Waals surface area contributed by atoms with Gasteiger partial charge in [0, 0.05) is 58.1 Å². The highest BCUT2D eigenvalue weighted by atomic mass is 15.0. The molecule has 6 aromatic heterocycles. The van der Waals surface area contributed by atoms with Crippen LogP contribution in [0.3, 0.4) is 0 Å². The number of allylic oxidation sites excluding steroid dienone is 1. The van der Waals surface area contributed by atoms with Crippen molar-refractivity contribution in [3.05, 3.63) is 207 Å². The zero-order valence-corrected chi connectivity index (χ0v) is 32.4. The normalized spacial score (nSPS) is 11.2. The smallest absolute Gasteiger partial charge is 0.0963 e. The van der Waals surface area contributed by atoms with Crippen LogP contribution >= 0.6 is 0 Å². The molecule has 0 aliphatic heterocycles. The maximum Gasteiger partial charge on any atom is 0.0963 e. The Morgan fingerprint density at radius 1 is 0.390 bits per heavy atom. The molecule has 0 N–H and O–H groups in total. The van der Waals surface area contributed by atoms with Gasteiger partial charge in [0.2, 0.25) is 0 Å². The molecule has 0 fully saturated rings. The van der Waals surface area contributed by atoms with Crippen molar-refractivity contribution in [2.75, 3.05) is 0 Å². The highest BCUT2D eigenvalue weighted by Gasteiger charge is 2.19. The molecule has 0 saturated carbocycles. The van der Waals surface area contributed by atoms with Crippen LogP contribution in [0, 0.1) is 0 Å². The summed E-state index contributed by atoms with van der Waals surface area (Å²) in [6, 6.07) is 59.6. The number of pyridine rings is 4. The maximum absolute atomic E-state index is 4.93. The van der Waals surface area contributed by atoms with Crippen molar-refractivity contribution in [1.29, 1.82) is 0 Å². The summed E-state index contributed by atoms with van der Waals surface area (Å²) in [5.41, 5.74) is 16.9. The van der Waals surface area contributed by atoms with Crippen LogP contribution in [0.1, 0.15) is 6.92 Å². The fourth-order valence-electron chi connectivity index (χ4n) is 8.29. The van der Waals surface area contributed by atoms with Crippen LogP contribution in [0.2, 0.25) is 0 Å². The van der Waals surface area contributed by atoms with Gasteiger partial charge in [0.15, 0.2) is 0 Å². The van der Waals surface area contributed by atoms with Crippen LogP contribution in [0.4, 0.5) is 0 Å². The minimum Gasteiger partial charge on any atom is -0.308 e. The van der Waals surface area contributed by atoms with Crippen molar-refractivity contribution in [3.8, 4) is 56.1 Å². The number of rotatable bonds is 6. The summed E-state index contributed by atoms with van der Waals surface area (Å²) in [6.45, 7) is 5.25. The molecule has 59 heavy (non-hydrogen) atoms. The summed E-state index contributed by atoms with van der Waals surface area (Å²) in [5.74, 6) is 0. The van der Waals surface area contributed by atoms with Crippen LogP contribution < -0.4 is 0 Å². The quantitative estimate of drug-likeness (QED) is 0.158. The van der Waals surface area contributed by atoms with Crippen LogP contribution in [0.25, 0.3) is 100 Å². The molecule has 0 saturated heterocycles. The summed E-state index contributed by atoms with van der Waals surface area (Å²) in [6.07, 6.45) is 9.20. The molecule has 11 rings (SSSR count). The van der Waals surface area contributed by atoms with Gasteiger partial charge < -0.3 is 9.13 Å². The van der Waals surface area contributed by atoms with Gasteiger partial charge >= 0.3 is 0 Å². The van der Waals surface area contributed by atoms with Gasteiger partial charge in [-0.1, -0.05) is 84.9 Å². The average molecular weight is 759 g/mol. The Morgan fingerprint density at radius 3 is 1.25 bits per heavy atom. The lowest BCUT2D eigenvalue weighted by molar-refractivity contribution is 1.13. The Labute approximate surface area is 342 Å². The Hall–Kier alpha value is -7.96. The van der Waals surface area contributed by atoms with Crippen LogP contribution in [0.5, 0.6) is 0 Å². The van der Waals surface area contributed by atoms with E-state index < -0.39 is 0 Å². The summed E-state index contributed by atoms with van der Waals surface area (Å²) >= 11 is 0. The first-order chi connectivity index (χ1) is 29.2. The second-order valence-corrected chi connectivity index (χ2v) is 14.3. The highest BCUT2D eigenvalue weighted by molar-refractivity contribution is 6.10. The Bertz CT molecular complexity index is 3090. The third-order valence-corrected chi connectivity index (χ3v) is 10.7. The monoisotopic (exact) mass is 758 g/mol. The first-order valence-electron chi connectivity index (χ1n) is 19.7. The molecule has 0 unspecified atom stereocenters. The van der Waals surface area contributed by atoms with Crippen LogP contribution in [0.15, 0.2) is 207 Å². The Morgan fingerprint density at radius 2 is 0.814 bits per heavy atom. The van der Waals surface area contributed by atoms with E-state index in [1.807, 2.05) is 68.1 Å². The molecule has 0 atom stereocenters. The number of hydrogen-bond donors (Lipinski definition) is 0. The lowest BCUT2D eigenvalue weighted by atomic mass is 9.96. The summed E-state index contributed by atoms with van der Waals surface area (Å²) in [4.78, 5) is 19.2. The van der Waals surface area contributed by atoms with Crippen molar-refractivity contribution in [3.63, 3.8) is 0 Å². The second-order valence-electron chi connectivity index (χ2n) is 14.3. The molecule has 6 nitrogen and oxygen atoms in total. The van der Waals surface area contributed by atoms with Gasteiger partial charge in [0.25, 0.3) is 0 Å². The molecule has 11 aromatic rings. The number of nitrogens with zero attached hydrogens (tertiary/aromatic N) is 6. The predicted molar refractivity (Wildman–Crippen MR) is 244 cm³/mol. The molecule has 0 spiro atoms. The third-order valence-electron chi connectivity index (χ3n) is 10.7. The first-order valence-corrected chi connectivity index (χ1v) is 19.7. The number of aromatic nitrogens is 6. The van der Waals surface area contributed by atoms with Gasteiger partial charge in [0.05, 0.1) is 44.5 Å². The molecule has 0 amide bonds. The SMILES string of the molecule is C=CC.c1ccc(-c2ccccc2-c2ccc3c(c2)c2ncccc2n3-c2cccc(-n3c4ccc(-c5ccccc5-c5ccccn5)cc4c4ncccc43)c2)nc1. The van der Waals surface area contributed by atoms with E-state index in [0.717, 1.165) is 100 Å². The van der Waals surface area contributed by atoms with Crippen molar-refractivity contribution in [1.82, 2.24) is 29.1 Å². The van der Waals surface area contributed by atoms with E-state index >= 15 is 0 Å². The van der Waals surface area contributed by atoms with E-state index in [1.165, 1.54) is 0 Å². The Balaban J connectivity index is 0.00000136. The largest absolute Gasteiger partial charge is 0.308 e. The molecule has 0 radical (unpaired) electrons. The van der Waals surface area contributed by atoms with Crippen molar-refractivity contribution < 1.29 is 0 Å². The van der Waals surface area contributed by atoms with Crippen LogP contribution in [-0.4, -0.2) is 29.1 Å². The molecular formula is C53H38N6. The molecular weight excluding hydrogens is 721 g/mol. The van der Waals surface area contributed by atoms with E-state index in [9.17, 15) is 0 Å². The van der Waals surface area contributed by atoms with E-state index in [0.29, 0.717) is 0 Å².